The summed E-state index contributed by atoms with van der Waals surface area (Å²) >= 11 is 0. The third kappa shape index (κ3) is 3.85. The monoisotopic (exact) mass is 308 g/mol. The third-order valence-electron chi connectivity index (χ3n) is 2.62. The van der Waals surface area contributed by atoms with E-state index in [-0.39, 0.29) is 5.43 Å². The standard InChI is InChI=1S/C12H8N2O.CH4O4S/c15-11-7-3-6-10-12(11)14-9-5-2-1-4-8(9)13-10;1-5-6(2,3)4/h1-7,13H;1H3,(H,2,3,4). The number of fused-ring (bicyclic) bond motifs is 2. The zero-order valence-corrected chi connectivity index (χ0v) is 11.8. The first kappa shape index (κ1) is 15.1. The average Bonchev–Trinajstić information content (AvgIpc) is 2.46. The Kier molecular flexibility index (Phi) is 4.32. The van der Waals surface area contributed by atoms with Gasteiger partial charge in [-0.05, 0) is 24.3 Å². The number of rotatable bonds is 1. The van der Waals surface area contributed by atoms with E-state index >= 15 is 0 Å². The number of hydrogen-bond acceptors (Lipinski definition) is 5. The molecule has 110 valence electrons. The summed E-state index contributed by atoms with van der Waals surface area (Å²) in [5.74, 6) is 0. The maximum atomic E-state index is 11.5. The molecule has 1 aromatic rings. The van der Waals surface area contributed by atoms with Gasteiger partial charge in [-0.25, -0.2) is 4.98 Å². The van der Waals surface area contributed by atoms with Crippen molar-refractivity contribution >= 4 is 21.4 Å². The molecule has 0 atom stereocenters. The van der Waals surface area contributed by atoms with Crippen LogP contribution in [0, 0.1) is 0 Å². The van der Waals surface area contributed by atoms with Crippen molar-refractivity contribution in [3.63, 3.8) is 0 Å². The van der Waals surface area contributed by atoms with E-state index in [9.17, 15) is 13.2 Å². The molecule has 8 heteroatoms. The van der Waals surface area contributed by atoms with Crippen LogP contribution in [0.3, 0.4) is 0 Å². The highest BCUT2D eigenvalue weighted by molar-refractivity contribution is 7.80. The first-order valence-electron chi connectivity index (χ1n) is 5.81. The summed E-state index contributed by atoms with van der Waals surface area (Å²) in [5, 5.41) is 0. The van der Waals surface area contributed by atoms with Crippen LogP contribution < -0.4 is 5.43 Å². The van der Waals surface area contributed by atoms with Gasteiger partial charge in [0.2, 0.25) is 5.43 Å². The molecule has 2 aliphatic rings. The van der Waals surface area contributed by atoms with Gasteiger partial charge in [-0.3, -0.25) is 13.5 Å². The van der Waals surface area contributed by atoms with E-state index in [2.05, 4.69) is 14.2 Å². The average molecular weight is 308 g/mol. The van der Waals surface area contributed by atoms with E-state index in [1.807, 2.05) is 30.3 Å². The molecule has 1 aromatic carbocycles. The van der Waals surface area contributed by atoms with Crippen LogP contribution in [0.4, 0.5) is 0 Å². The number of nitrogens with zero attached hydrogens (tertiary/aromatic N) is 1. The van der Waals surface area contributed by atoms with E-state index in [0.29, 0.717) is 5.69 Å². The van der Waals surface area contributed by atoms with Gasteiger partial charge >= 0.3 is 10.4 Å². The van der Waals surface area contributed by atoms with Gasteiger partial charge < -0.3 is 4.98 Å². The summed E-state index contributed by atoms with van der Waals surface area (Å²) in [4.78, 5) is 19.1. The maximum Gasteiger partial charge on any atom is 0.397 e. The van der Waals surface area contributed by atoms with Crippen molar-refractivity contribution in [3.8, 4) is 11.4 Å². The van der Waals surface area contributed by atoms with Crippen molar-refractivity contribution in [1.82, 2.24) is 9.97 Å². The fraction of sp³-hybridized carbons (Fsp3) is 0.0769. The van der Waals surface area contributed by atoms with E-state index < -0.39 is 10.4 Å². The number of para-hydroxylation sites is 3. The quantitative estimate of drug-likeness (QED) is 0.520. The third-order valence-corrected chi connectivity index (χ3v) is 3.04. The second-order valence-electron chi connectivity index (χ2n) is 4.00. The van der Waals surface area contributed by atoms with Crippen LogP contribution in [0.15, 0.2) is 47.3 Å². The summed E-state index contributed by atoms with van der Waals surface area (Å²) in [6.07, 6.45) is 0. The fourth-order valence-corrected chi connectivity index (χ4v) is 1.68. The van der Waals surface area contributed by atoms with Crippen LogP contribution in [0.2, 0.25) is 0 Å². The molecule has 1 heterocycles. The first-order chi connectivity index (χ1) is 9.90. The van der Waals surface area contributed by atoms with Crippen LogP contribution in [-0.2, 0) is 14.6 Å². The predicted molar refractivity (Wildman–Crippen MR) is 77.5 cm³/mol. The largest absolute Gasteiger partial charge is 0.397 e. The van der Waals surface area contributed by atoms with Gasteiger partial charge in [0.05, 0.1) is 23.8 Å². The molecule has 3 rings (SSSR count). The van der Waals surface area contributed by atoms with Crippen molar-refractivity contribution in [2.24, 2.45) is 0 Å². The molecule has 21 heavy (non-hydrogen) atoms. The van der Waals surface area contributed by atoms with E-state index in [1.165, 1.54) is 6.07 Å². The zero-order chi connectivity index (χ0) is 15.5. The molecule has 1 aliphatic carbocycles. The van der Waals surface area contributed by atoms with Gasteiger partial charge in [0.15, 0.2) is 0 Å². The summed E-state index contributed by atoms with van der Waals surface area (Å²) in [7, 11) is -3.29. The Balaban J connectivity index is 0.000000232. The summed E-state index contributed by atoms with van der Waals surface area (Å²) in [6.45, 7) is 0. The van der Waals surface area contributed by atoms with Crippen molar-refractivity contribution in [2.45, 2.75) is 0 Å². The minimum absolute atomic E-state index is 0.0468. The number of nitrogens with one attached hydrogen (secondary N) is 1. The second-order valence-corrected chi connectivity index (χ2v) is 5.19. The van der Waals surface area contributed by atoms with Crippen LogP contribution in [-0.4, -0.2) is 30.0 Å². The molecule has 0 bridgehead atoms. The number of H-pyrrole nitrogens is 1. The highest BCUT2D eigenvalue weighted by atomic mass is 32.3. The Bertz CT molecular complexity index is 888. The minimum Gasteiger partial charge on any atom is -0.352 e. The lowest BCUT2D eigenvalue weighted by atomic mass is 10.2. The number of aromatic nitrogens is 2. The van der Waals surface area contributed by atoms with Crippen LogP contribution in [0.25, 0.3) is 22.4 Å². The Hall–Kier alpha value is -2.29. The lowest BCUT2D eigenvalue weighted by molar-refractivity contribution is 0.324. The first-order valence-corrected chi connectivity index (χ1v) is 7.18. The summed E-state index contributed by atoms with van der Waals surface area (Å²) in [6, 6.07) is 12.8. The van der Waals surface area contributed by atoms with Crippen molar-refractivity contribution in [1.29, 1.82) is 0 Å². The van der Waals surface area contributed by atoms with Crippen LogP contribution >= 0.6 is 0 Å². The molecule has 0 spiro atoms. The molecule has 7 nitrogen and oxygen atoms in total. The van der Waals surface area contributed by atoms with Crippen molar-refractivity contribution in [3.05, 3.63) is 52.7 Å². The SMILES string of the molecule is COS(=O)(=O)O.O=c1cccc2[nH]c3ccccc3nc1-2. The molecule has 1 aliphatic heterocycles. The van der Waals surface area contributed by atoms with Crippen molar-refractivity contribution in [2.75, 3.05) is 7.11 Å². The highest BCUT2D eigenvalue weighted by Gasteiger charge is 2.07. The van der Waals surface area contributed by atoms with Crippen LogP contribution in [0.5, 0.6) is 0 Å². The lowest BCUT2D eigenvalue weighted by Gasteiger charge is -2.05. The smallest absolute Gasteiger partial charge is 0.352 e. The van der Waals surface area contributed by atoms with E-state index in [0.717, 1.165) is 23.8 Å². The highest BCUT2D eigenvalue weighted by Crippen LogP contribution is 2.17. The Morgan fingerprint density at radius 2 is 1.81 bits per heavy atom. The Morgan fingerprint density at radius 1 is 1.14 bits per heavy atom. The number of benzene rings is 2. The van der Waals surface area contributed by atoms with Gasteiger partial charge in [-0.1, -0.05) is 18.2 Å². The van der Waals surface area contributed by atoms with E-state index in [1.54, 1.807) is 6.07 Å². The summed E-state index contributed by atoms with van der Waals surface area (Å²) in [5.41, 5.74) is 2.98. The second kappa shape index (κ2) is 6.00. The normalized spacial score (nSPS) is 11.1. The number of hydrogen-bond donors (Lipinski definition) is 2. The van der Waals surface area contributed by atoms with Crippen LogP contribution in [0.1, 0.15) is 0 Å². The molecule has 0 amide bonds. The lowest BCUT2D eigenvalue weighted by Crippen LogP contribution is -2.07. The topological polar surface area (TPSA) is 109 Å². The molecule has 0 fully saturated rings. The van der Waals surface area contributed by atoms with Gasteiger partial charge in [-0.15, -0.1) is 0 Å². The van der Waals surface area contributed by atoms with Gasteiger partial charge in [0, 0.05) is 0 Å². The zero-order valence-electron chi connectivity index (χ0n) is 11.0. The fourth-order valence-electron chi connectivity index (χ4n) is 1.68. The maximum absolute atomic E-state index is 11.5. The molecular formula is C13H12N2O5S. The molecule has 2 N–H and O–H groups in total. The van der Waals surface area contributed by atoms with Gasteiger partial charge in [-0.2, -0.15) is 8.42 Å². The van der Waals surface area contributed by atoms with Gasteiger partial charge in [0.25, 0.3) is 0 Å². The molecule has 0 unspecified atom stereocenters. The van der Waals surface area contributed by atoms with E-state index in [4.69, 9.17) is 4.55 Å². The predicted octanol–water partition coefficient (Wildman–Crippen LogP) is 1.46. The van der Waals surface area contributed by atoms with Gasteiger partial charge in [0.1, 0.15) is 5.69 Å². The molecule has 0 saturated carbocycles. The van der Waals surface area contributed by atoms with Crippen molar-refractivity contribution < 1.29 is 17.2 Å². The molecule has 0 aromatic heterocycles. The summed E-state index contributed by atoms with van der Waals surface area (Å²) < 4.78 is 29.7. The molecule has 0 radical (unpaired) electrons. The Labute approximate surface area is 120 Å². The molecular weight excluding hydrogens is 296 g/mol. The number of aromatic amines is 1. The molecule has 0 saturated heterocycles. The Morgan fingerprint density at radius 3 is 2.48 bits per heavy atom. The minimum atomic E-state index is -4.16.